The van der Waals surface area contributed by atoms with Crippen LogP contribution in [0.4, 0.5) is 0 Å². The Labute approximate surface area is 101 Å². The van der Waals surface area contributed by atoms with Crippen molar-refractivity contribution in [3.05, 3.63) is 30.1 Å². The number of aromatic nitrogens is 1. The molecule has 0 spiro atoms. The van der Waals surface area contributed by atoms with Crippen molar-refractivity contribution in [2.24, 2.45) is 0 Å². The molecule has 2 heterocycles. The lowest BCUT2D eigenvalue weighted by molar-refractivity contribution is -0.138. The van der Waals surface area contributed by atoms with Crippen molar-refractivity contribution in [3.8, 4) is 0 Å². The van der Waals surface area contributed by atoms with Crippen LogP contribution in [0.25, 0.3) is 0 Å². The Morgan fingerprint density at radius 1 is 1.59 bits per heavy atom. The van der Waals surface area contributed by atoms with Crippen molar-refractivity contribution in [2.75, 3.05) is 26.7 Å². The maximum Gasteiger partial charge on any atom is 0.250 e. The molecule has 1 aliphatic heterocycles. The van der Waals surface area contributed by atoms with Gasteiger partial charge < -0.3 is 10.1 Å². The van der Waals surface area contributed by atoms with Crippen LogP contribution in [0.3, 0.4) is 0 Å². The number of ether oxygens (including phenoxy) is 1. The van der Waals surface area contributed by atoms with Gasteiger partial charge in [-0.1, -0.05) is 0 Å². The second-order valence-electron chi connectivity index (χ2n) is 4.06. The van der Waals surface area contributed by atoms with Gasteiger partial charge in [0.25, 0.3) is 0 Å². The number of morpholine rings is 1. The van der Waals surface area contributed by atoms with Gasteiger partial charge in [-0.05, 0) is 17.7 Å². The fourth-order valence-corrected chi connectivity index (χ4v) is 1.91. The third kappa shape index (κ3) is 3.25. The van der Waals surface area contributed by atoms with E-state index in [2.05, 4.69) is 15.2 Å². The largest absolute Gasteiger partial charge is 0.366 e. The van der Waals surface area contributed by atoms with Crippen molar-refractivity contribution in [3.63, 3.8) is 0 Å². The molecule has 1 N–H and O–H groups in total. The maximum atomic E-state index is 11.5. The lowest BCUT2D eigenvalue weighted by Crippen LogP contribution is -2.48. The zero-order valence-corrected chi connectivity index (χ0v) is 9.93. The molecule has 5 heteroatoms. The van der Waals surface area contributed by atoms with Crippen molar-refractivity contribution in [2.45, 2.75) is 12.6 Å². The molecule has 1 amide bonds. The van der Waals surface area contributed by atoms with Gasteiger partial charge >= 0.3 is 0 Å². The number of rotatable bonds is 3. The Hall–Kier alpha value is -1.46. The molecule has 1 aromatic heterocycles. The third-order valence-electron chi connectivity index (χ3n) is 2.84. The Balaban J connectivity index is 1.92. The van der Waals surface area contributed by atoms with E-state index in [4.69, 9.17) is 4.74 Å². The first-order valence-corrected chi connectivity index (χ1v) is 5.74. The van der Waals surface area contributed by atoms with Gasteiger partial charge in [-0.25, -0.2) is 0 Å². The average Bonchev–Trinajstić information content (AvgIpc) is 2.39. The molecule has 1 aliphatic rings. The number of hydrogen-bond acceptors (Lipinski definition) is 4. The fraction of sp³-hybridized carbons (Fsp3) is 0.500. The second kappa shape index (κ2) is 5.75. The Bertz CT molecular complexity index is 369. The standard InChI is InChI=1S/C12H17N3O2/c1-13-12(16)11-9-15(6-7-17-11)8-10-2-4-14-5-3-10/h2-5,11H,6-9H2,1H3,(H,13,16). The van der Waals surface area contributed by atoms with Gasteiger partial charge in [-0.2, -0.15) is 0 Å². The van der Waals surface area contributed by atoms with Gasteiger partial charge in [0.1, 0.15) is 6.10 Å². The molecule has 1 saturated heterocycles. The van der Waals surface area contributed by atoms with Crippen LogP contribution in [-0.4, -0.2) is 48.6 Å². The number of likely N-dealkylation sites (N-methyl/N-ethyl adjacent to an activating group) is 1. The van der Waals surface area contributed by atoms with E-state index in [9.17, 15) is 4.79 Å². The highest BCUT2D eigenvalue weighted by Crippen LogP contribution is 2.09. The smallest absolute Gasteiger partial charge is 0.250 e. The summed E-state index contributed by atoms with van der Waals surface area (Å²) in [6.07, 6.45) is 3.22. The van der Waals surface area contributed by atoms with Crippen LogP contribution in [0.2, 0.25) is 0 Å². The van der Waals surface area contributed by atoms with Crippen molar-refractivity contribution >= 4 is 5.91 Å². The predicted octanol–water partition coefficient (Wildman–Crippen LogP) is 0.0284. The van der Waals surface area contributed by atoms with Crippen LogP contribution in [0.1, 0.15) is 5.56 Å². The number of pyridine rings is 1. The third-order valence-corrected chi connectivity index (χ3v) is 2.84. The lowest BCUT2D eigenvalue weighted by Gasteiger charge is -2.31. The van der Waals surface area contributed by atoms with Crippen LogP contribution < -0.4 is 5.32 Å². The molecule has 0 aromatic carbocycles. The van der Waals surface area contributed by atoms with Crippen LogP contribution in [-0.2, 0) is 16.1 Å². The lowest BCUT2D eigenvalue weighted by atomic mass is 10.2. The first kappa shape index (κ1) is 12.0. The molecule has 0 saturated carbocycles. The zero-order valence-electron chi connectivity index (χ0n) is 9.93. The molecule has 17 heavy (non-hydrogen) atoms. The number of amides is 1. The second-order valence-corrected chi connectivity index (χ2v) is 4.06. The van der Waals surface area contributed by atoms with Crippen LogP contribution in [0.5, 0.6) is 0 Å². The zero-order chi connectivity index (χ0) is 12.1. The minimum absolute atomic E-state index is 0.0515. The topological polar surface area (TPSA) is 54.5 Å². The number of carbonyl (C=O) groups excluding carboxylic acids is 1. The van der Waals surface area contributed by atoms with Gasteiger partial charge in [0.15, 0.2) is 0 Å². The van der Waals surface area contributed by atoms with Crippen molar-refractivity contribution in [1.29, 1.82) is 0 Å². The summed E-state index contributed by atoms with van der Waals surface area (Å²) in [5, 5.41) is 2.62. The van der Waals surface area contributed by atoms with Gasteiger partial charge in [-0.3, -0.25) is 14.7 Å². The number of carbonyl (C=O) groups is 1. The molecular formula is C12H17N3O2. The van der Waals surface area contributed by atoms with E-state index in [1.165, 1.54) is 5.56 Å². The minimum atomic E-state index is -0.351. The van der Waals surface area contributed by atoms with E-state index in [0.717, 1.165) is 13.1 Å². The molecule has 5 nitrogen and oxygen atoms in total. The molecule has 1 atom stereocenters. The highest BCUT2D eigenvalue weighted by atomic mass is 16.5. The first-order chi connectivity index (χ1) is 8.29. The monoisotopic (exact) mass is 235 g/mol. The molecule has 0 aliphatic carbocycles. The van der Waals surface area contributed by atoms with Crippen molar-refractivity contribution < 1.29 is 9.53 Å². The van der Waals surface area contributed by atoms with Crippen LogP contribution >= 0.6 is 0 Å². The van der Waals surface area contributed by atoms with Gasteiger partial charge in [0.2, 0.25) is 5.91 Å². The first-order valence-electron chi connectivity index (χ1n) is 5.74. The van der Waals surface area contributed by atoms with E-state index < -0.39 is 0 Å². The Kier molecular flexibility index (Phi) is 4.06. The molecule has 2 rings (SSSR count). The minimum Gasteiger partial charge on any atom is -0.366 e. The highest BCUT2D eigenvalue weighted by Gasteiger charge is 2.25. The maximum absolute atomic E-state index is 11.5. The van der Waals surface area contributed by atoms with E-state index in [1.807, 2.05) is 12.1 Å². The summed E-state index contributed by atoms with van der Waals surface area (Å²) in [5.41, 5.74) is 1.21. The van der Waals surface area contributed by atoms with Gasteiger partial charge in [-0.15, -0.1) is 0 Å². The summed E-state index contributed by atoms with van der Waals surface area (Å²) < 4.78 is 5.43. The Morgan fingerprint density at radius 2 is 2.35 bits per heavy atom. The molecule has 1 aromatic rings. The summed E-state index contributed by atoms with van der Waals surface area (Å²) in [5.74, 6) is -0.0515. The van der Waals surface area contributed by atoms with Gasteiger partial charge in [0.05, 0.1) is 6.61 Å². The molecule has 1 unspecified atom stereocenters. The van der Waals surface area contributed by atoms with E-state index >= 15 is 0 Å². The Morgan fingerprint density at radius 3 is 3.06 bits per heavy atom. The summed E-state index contributed by atoms with van der Waals surface area (Å²) in [6, 6.07) is 3.98. The highest BCUT2D eigenvalue weighted by molar-refractivity contribution is 5.80. The summed E-state index contributed by atoms with van der Waals surface area (Å²) in [7, 11) is 1.63. The average molecular weight is 235 g/mol. The summed E-state index contributed by atoms with van der Waals surface area (Å²) in [4.78, 5) is 17.7. The summed E-state index contributed by atoms with van der Waals surface area (Å²) >= 11 is 0. The number of hydrogen-bond donors (Lipinski definition) is 1. The molecule has 1 fully saturated rings. The molecule has 92 valence electrons. The van der Waals surface area contributed by atoms with Gasteiger partial charge in [0, 0.05) is 39.1 Å². The number of nitrogens with one attached hydrogen (secondary N) is 1. The molecule has 0 bridgehead atoms. The number of nitrogens with zero attached hydrogens (tertiary/aromatic N) is 2. The summed E-state index contributed by atoms with van der Waals surface area (Å²) in [6.45, 7) is 2.93. The quantitative estimate of drug-likeness (QED) is 0.803. The molecule has 0 radical (unpaired) electrons. The van der Waals surface area contributed by atoms with Crippen LogP contribution in [0.15, 0.2) is 24.5 Å². The fourth-order valence-electron chi connectivity index (χ4n) is 1.91. The SMILES string of the molecule is CNC(=O)C1CN(Cc2ccncc2)CCO1. The van der Waals surface area contributed by atoms with Crippen molar-refractivity contribution in [1.82, 2.24) is 15.2 Å². The van der Waals surface area contributed by atoms with E-state index in [-0.39, 0.29) is 12.0 Å². The normalized spacial score (nSPS) is 21.1. The van der Waals surface area contributed by atoms with E-state index in [1.54, 1.807) is 19.4 Å². The molecular weight excluding hydrogens is 218 g/mol. The predicted molar refractivity (Wildman–Crippen MR) is 63.3 cm³/mol. The van der Waals surface area contributed by atoms with E-state index in [0.29, 0.717) is 13.2 Å². The van der Waals surface area contributed by atoms with Crippen LogP contribution in [0, 0.1) is 0 Å².